The summed E-state index contributed by atoms with van der Waals surface area (Å²) in [6, 6.07) is 11.2. The van der Waals surface area contributed by atoms with Crippen molar-refractivity contribution in [2.75, 3.05) is 26.7 Å². The van der Waals surface area contributed by atoms with E-state index < -0.39 is 0 Å². The van der Waals surface area contributed by atoms with Crippen LogP contribution in [0.1, 0.15) is 48.9 Å². The van der Waals surface area contributed by atoms with Gasteiger partial charge in [-0.3, -0.25) is 9.80 Å². The predicted molar refractivity (Wildman–Crippen MR) is 110 cm³/mol. The van der Waals surface area contributed by atoms with E-state index in [1.165, 1.54) is 11.1 Å². The summed E-state index contributed by atoms with van der Waals surface area (Å²) in [5.74, 6) is 0.00612. The number of hydrogen-bond acceptors (Lipinski definition) is 2. The number of benzene rings is 2. The van der Waals surface area contributed by atoms with Gasteiger partial charge in [-0.2, -0.15) is 0 Å². The molecule has 0 amide bonds. The SMILES string of the molecule is CN1CCN([C@H]2C[C@H](c3ccc(F)cc3)c3cc(Cl)c(Cl)cc32)CC1(C)C. The van der Waals surface area contributed by atoms with Gasteiger partial charge in [-0.05, 0) is 68.3 Å². The second-order valence-corrected chi connectivity index (χ2v) is 9.27. The summed E-state index contributed by atoms with van der Waals surface area (Å²) in [6.45, 7) is 7.66. The average Bonchev–Trinajstić information content (AvgIpc) is 2.97. The van der Waals surface area contributed by atoms with Crippen LogP contribution in [0.2, 0.25) is 10.0 Å². The van der Waals surface area contributed by atoms with E-state index in [-0.39, 0.29) is 17.3 Å². The first-order valence-electron chi connectivity index (χ1n) is 9.46. The van der Waals surface area contributed by atoms with Crippen molar-refractivity contribution in [3.8, 4) is 0 Å². The van der Waals surface area contributed by atoms with Crippen molar-refractivity contribution in [1.29, 1.82) is 0 Å². The van der Waals surface area contributed by atoms with Gasteiger partial charge in [0.15, 0.2) is 0 Å². The Bertz CT molecular complexity index is 850. The molecule has 0 spiro atoms. The number of fused-ring (bicyclic) bond motifs is 1. The quantitative estimate of drug-likeness (QED) is 0.627. The molecule has 0 unspecified atom stereocenters. The highest BCUT2D eigenvalue weighted by atomic mass is 35.5. The number of rotatable bonds is 2. The van der Waals surface area contributed by atoms with Gasteiger partial charge in [0.05, 0.1) is 10.0 Å². The first-order valence-corrected chi connectivity index (χ1v) is 10.2. The van der Waals surface area contributed by atoms with E-state index in [2.05, 4.69) is 30.7 Å². The zero-order chi connectivity index (χ0) is 19.3. The van der Waals surface area contributed by atoms with Gasteiger partial charge < -0.3 is 0 Å². The van der Waals surface area contributed by atoms with Gasteiger partial charge in [-0.25, -0.2) is 4.39 Å². The highest BCUT2D eigenvalue weighted by molar-refractivity contribution is 6.42. The molecule has 0 bridgehead atoms. The third-order valence-corrected chi connectivity index (χ3v) is 7.10. The third kappa shape index (κ3) is 3.51. The van der Waals surface area contributed by atoms with Crippen LogP contribution in [0, 0.1) is 5.82 Å². The van der Waals surface area contributed by atoms with Gasteiger partial charge in [0.25, 0.3) is 0 Å². The van der Waals surface area contributed by atoms with E-state index in [0.717, 1.165) is 31.6 Å². The molecule has 2 atom stereocenters. The van der Waals surface area contributed by atoms with Crippen LogP contribution in [-0.2, 0) is 0 Å². The smallest absolute Gasteiger partial charge is 0.123 e. The Labute approximate surface area is 170 Å². The van der Waals surface area contributed by atoms with E-state index in [9.17, 15) is 4.39 Å². The Balaban J connectivity index is 1.73. The van der Waals surface area contributed by atoms with Gasteiger partial charge in [-0.1, -0.05) is 35.3 Å². The average molecular weight is 407 g/mol. The fourth-order valence-corrected chi connectivity index (χ4v) is 4.89. The summed E-state index contributed by atoms with van der Waals surface area (Å²) in [6.07, 6.45) is 0.970. The van der Waals surface area contributed by atoms with Crippen LogP contribution in [0.15, 0.2) is 36.4 Å². The number of hydrogen-bond donors (Lipinski definition) is 0. The molecule has 2 aromatic rings. The molecule has 144 valence electrons. The van der Waals surface area contributed by atoms with Crippen molar-refractivity contribution in [2.24, 2.45) is 0 Å². The molecule has 0 aromatic heterocycles. The van der Waals surface area contributed by atoms with E-state index >= 15 is 0 Å². The second kappa shape index (κ2) is 7.04. The maximum absolute atomic E-state index is 13.4. The van der Waals surface area contributed by atoms with Crippen molar-refractivity contribution >= 4 is 23.2 Å². The molecule has 1 aliphatic carbocycles. The molecule has 0 radical (unpaired) electrons. The number of likely N-dealkylation sites (N-methyl/N-ethyl adjacent to an activating group) is 1. The summed E-state index contributed by atoms with van der Waals surface area (Å²) < 4.78 is 13.4. The fourth-order valence-electron chi connectivity index (χ4n) is 4.55. The molecule has 0 N–H and O–H groups in total. The van der Waals surface area contributed by atoms with E-state index in [0.29, 0.717) is 16.1 Å². The van der Waals surface area contributed by atoms with Gasteiger partial charge in [-0.15, -0.1) is 0 Å². The summed E-state index contributed by atoms with van der Waals surface area (Å²) >= 11 is 12.7. The monoisotopic (exact) mass is 406 g/mol. The lowest BCUT2D eigenvalue weighted by atomic mass is 9.93. The van der Waals surface area contributed by atoms with Crippen LogP contribution in [0.4, 0.5) is 4.39 Å². The zero-order valence-corrected chi connectivity index (χ0v) is 17.5. The van der Waals surface area contributed by atoms with Gasteiger partial charge in [0, 0.05) is 37.1 Å². The molecule has 1 aliphatic heterocycles. The van der Waals surface area contributed by atoms with Crippen molar-refractivity contribution in [2.45, 2.75) is 37.8 Å². The number of nitrogens with zero attached hydrogens (tertiary/aromatic N) is 2. The van der Waals surface area contributed by atoms with Crippen molar-refractivity contribution < 1.29 is 4.39 Å². The van der Waals surface area contributed by atoms with Gasteiger partial charge in [0.2, 0.25) is 0 Å². The highest BCUT2D eigenvalue weighted by Crippen LogP contribution is 2.49. The van der Waals surface area contributed by atoms with Crippen molar-refractivity contribution in [1.82, 2.24) is 9.80 Å². The number of halogens is 3. The Hall–Kier alpha value is -1.13. The van der Waals surface area contributed by atoms with Crippen LogP contribution in [-0.4, -0.2) is 42.0 Å². The lowest BCUT2D eigenvalue weighted by Gasteiger charge is -2.47. The molecule has 1 saturated heterocycles. The zero-order valence-electron chi connectivity index (χ0n) is 16.0. The Morgan fingerprint density at radius 2 is 1.63 bits per heavy atom. The standard InChI is InChI=1S/C22H25Cl2FN2/c1-22(2)13-27(9-8-26(22)3)21-12-16(14-4-6-15(25)7-5-14)17-10-19(23)20(24)11-18(17)21/h4-7,10-11,16,21H,8-9,12-13H2,1-3H3/t16-,21+/m1/s1. The Morgan fingerprint density at radius 3 is 2.26 bits per heavy atom. The number of piperazine rings is 1. The molecule has 4 rings (SSSR count). The third-order valence-electron chi connectivity index (χ3n) is 6.38. The van der Waals surface area contributed by atoms with Crippen LogP contribution >= 0.6 is 23.2 Å². The molecule has 1 fully saturated rings. The fraction of sp³-hybridized carbons (Fsp3) is 0.455. The summed E-state index contributed by atoms with van der Waals surface area (Å²) in [7, 11) is 2.19. The molecule has 2 aromatic carbocycles. The van der Waals surface area contributed by atoms with Crippen LogP contribution < -0.4 is 0 Å². The van der Waals surface area contributed by atoms with E-state index in [4.69, 9.17) is 23.2 Å². The van der Waals surface area contributed by atoms with Crippen LogP contribution in [0.5, 0.6) is 0 Å². The molecule has 2 nitrogen and oxygen atoms in total. The maximum atomic E-state index is 13.4. The first kappa shape index (κ1) is 19.2. The molecule has 5 heteroatoms. The van der Waals surface area contributed by atoms with Gasteiger partial charge in [0.1, 0.15) is 5.82 Å². The molecule has 0 saturated carbocycles. The van der Waals surface area contributed by atoms with E-state index in [1.807, 2.05) is 24.3 Å². The van der Waals surface area contributed by atoms with E-state index in [1.54, 1.807) is 12.1 Å². The lowest BCUT2D eigenvalue weighted by Crippen LogP contribution is -2.58. The topological polar surface area (TPSA) is 6.48 Å². The Morgan fingerprint density at radius 1 is 1.00 bits per heavy atom. The van der Waals surface area contributed by atoms with Crippen LogP contribution in [0.3, 0.4) is 0 Å². The first-order chi connectivity index (χ1) is 12.8. The lowest BCUT2D eigenvalue weighted by molar-refractivity contribution is 0.0158. The summed E-state index contributed by atoms with van der Waals surface area (Å²) in [5, 5.41) is 1.19. The largest absolute Gasteiger partial charge is 0.299 e. The second-order valence-electron chi connectivity index (χ2n) is 8.46. The Kier molecular flexibility index (Phi) is 5.00. The molecule has 1 heterocycles. The van der Waals surface area contributed by atoms with Gasteiger partial charge >= 0.3 is 0 Å². The van der Waals surface area contributed by atoms with Crippen molar-refractivity contribution in [3.05, 3.63) is 69.0 Å². The molecular weight excluding hydrogens is 382 g/mol. The molecular formula is C22H25Cl2FN2. The highest BCUT2D eigenvalue weighted by Gasteiger charge is 2.40. The maximum Gasteiger partial charge on any atom is 0.123 e. The molecule has 27 heavy (non-hydrogen) atoms. The molecule has 2 aliphatic rings. The van der Waals surface area contributed by atoms with Crippen LogP contribution in [0.25, 0.3) is 0 Å². The minimum atomic E-state index is -0.205. The summed E-state index contributed by atoms with van der Waals surface area (Å²) in [5.41, 5.74) is 3.74. The minimum absolute atomic E-state index is 0.128. The predicted octanol–water partition coefficient (Wildman–Crippen LogP) is 5.74. The summed E-state index contributed by atoms with van der Waals surface area (Å²) in [4.78, 5) is 5.00. The van der Waals surface area contributed by atoms with Crippen molar-refractivity contribution in [3.63, 3.8) is 0 Å². The normalized spacial score (nSPS) is 25.6. The minimum Gasteiger partial charge on any atom is -0.299 e.